The Bertz CT molecular complexity index is 1040. The molecule has 0 spiro atoms. The van der Waals surface area contributed by atoms with Gasteiger partial charge in [-0.05, 0) is 31.7 Å². The second-order valence-corrected chi connectivity index (χ2v) is 7.74. The predicted octanol–water partition coefficient (Wildman–Crippen LogP) is 1.02. The minimum absolute atomic E-state index is 0.397. The minimum Gasteiger partial charge on any atom is -0.387 e. The van der Waals surface area contributed by atoms with Gasteiger partial charge >= 0.3 is 0 Å². The van der Waals surface area contributed by atoms with Crippen molar-refractivity contribution >= 4 is 22.9 Å². The van der Waals surface area contributed by atoms with Crippen LogP contribution in [0, 0.1) is 0 Å². The number of imidazole rings is 1. The number of aromatic nitrogens is 4. The van der Waals surface area contributed by atoms with E-state index in [0.29, 0.717) is 23.5 Å². The number of fused-ring (bicyclic) bond motifs is 1. The van der Waals surface area contributed by atoms with E-state index >= 15 is 0 Å². The molecule has 3 aromatic rings. The van der Waals surface area contributed by atoms with Crippen molar-refractivity contribution in [2.45, 2.75) is 50.7 Å². The summed E-state index contributed by atoms with van der Waals surface area (Å²) < 4.78 is 7.20. The van der Waals surface area contributed by atoms with Crippen LogP contribution in [0.3, 0.4) is 0 Å². The highest BCUT2D eigenvalue weighted by atomic mass is 16.6. The summed E-state index contributed by atoms with van der Waals surface area (Å²) in [5.74, 6) is 0.111. The number of nitrogens with one attached hydrogen (secondary N) is 2. The fourth-order valence-electron chi connectivity index (χ4n) is 3.85. The molecule has 0 bridgehead atoms. The van der Waals surface area contributed by atoms with E-state index in [9.17, 15) is 15.0 Å². The van der Waals surface area contributed by atoms with Crippen LogP contribution in [0.4, 0.5) is 5.82 Å². The van der Waals surface area contributed by atoms with Gasteiger partial charge in [0.05, 0.1) is 6.33 Å². The lowest BCUT2D eigenvalue weighted by Gasteiger charge is -2.16. The van der Waals surface area contributed by atoms with Gasteiger partial charge in [-0.25, -0.2) is 15.0 Å². The van der Waals surface area contributed by atoms with E-state index in [1.54, 1.807) is 6.92 Å². The number of ether oxygens (including phenoxy) is 1. The van der Waals surface area contributed by atoms with Gasteiger partial charge in [0.1, 0.15) is 18.5 Å². The van der Waals surface area contributed by atoms with Crippen molar-refractivity contribution in [3.05, 3.63) is 48.5 Å². The molecule has 0 saturated carbocycles. The van der Waals surface area contributed by atoms with Crippen LogP contribution in [0.1, 0.15) is 31.6 Å². The Hall–Kier alpha value is -3.08. The fraction of sp³-hybridized carbons (Fsp3) is 0.455. The van der Waals surface area contributed by atoms with Crippen molar-refractivity contribution in [2.75, 3.05) is 18.4 Å². The van der Waals surface area contributed by atoms with E-state index in [-0.39, 0.29) is 0 Å². The molecule has 3 heterocycles. The molecule has 170 valence electrons. The zero-order chi connectivity index (χ0) is 22.5. The number of unbranched alkanes of at least 4 members (excludes halogenated alkanes) is 1. The van der Waals surface area contributed by atoms with E-state index < -0.39 is 30.4 Å². The lowest BCUT2D eigenvalue weighted by atomic mass is 10.1. The molecule has 4 N–H and O–H groups in total. The Kier molecular flexibility index (Phi) is 6.93. The van der Waals surface area contributed by atoms with Gasteiger partial charge in [-0.1, -0.05) is 30.3 Å². The number of hydrogen-bond acceptors (Lipinski definition) is 8. The van der Waals surface area contributed by atoms with Crippen LogP contribution in [0.15, 0.2) is 43.0 Å². The van der Waals surface area contributed by atoms with Gasteiger partial charge in [0.2, 0.25) is 0 Å². The Morgan fingerprint density at radius 3 is 2.72 bits per heavy atom. The van der Waals surface area contributed by atoms with Crippen LogP contribution in [-0.2, 0) is 16.0 Å². The molecule has 1 aliphatic heterocycles. The van der Waals surface area contributed by atoms with E-state index in [1.165, 1.54) is 22.8 Å². The van der Waals surface area contributed by atoms with Crippen molar-refractivity contribution in [3.8, 4) is 0 Å². The van der Waals surface area contributed by atoms with Crippen LogP contribution >= 0.6 is 0 Å². The average Bonchev–Trinajstić information content (AvgIpc) is 3.36. The SMILES string of the molecule is CCNC(=O)[C@H]1O[C@@H](n2cnc3c(NCCCCc4ccccc4)ncnc32)[C@H](O)[C@@H]1O. The first-order chi connectivity index (χ1) is 15.6. The van der Waals surface area contributed by atoms with Gasteiger partial charge in [0.25, 0.3) is 5.91 Å². The summed E-state index contributed by atoms with van der Waals surface area (Å²) in [6, 6.07) is 10.4. The predicted molar refractivity (Wildman–Crippen MR) is 118 cm³/mol. The summed E-state index contributed by atoms with van der Waals surface area (Å²) in [5.41, 5.74) is 2.29. The van der Waals surface area contributed by atoms with E-state index in [1.807, 2.05) is 18.2 Å². The highest BCUT2D eigenvalue weighted by Crippen LogP contribution is 2.32. The second-order valence-electron chi connectivity index (χ2n) is 7.74. The first kappa shape index (κ1) is 22.1. The maximum atomic E-state index is 12.1. The molecule has 4 atom stereocenters. The molecule has 1 fully saturated rings. The Labute approximate surface area is 185 Å². The third-order valence-electron chi connectivity index (χ3n) is 5.51. The molecule has 2 aromatic heterocycles. The summed E-state index contributed by atoms with van der Waals surface area (Å²) in [6.45, 7) is 2.89. The maximum absolute atomic E-state index is 12.1. The van der Waals surface area contributed by atoms with Gasteiger partial charge in [0.15, 0.2) is 29.3 Å². The number of amides is 1. The normalized spacial score (nSPS) is 22.8. The standard InChI is InChI=1S/C22H28N6O4/c1-2-23-21(31)18-16(29)17(30)22(32-18)28-13-27-15-19(25-12-26-20(15)28)24-11-7-6-10-14-8-4-3-5-9-14/h3-5,8-9,12-13,16-18,22,29-30H,2,6-7,10-11H2,1H3,(H,23,31)(H,24,25,26)/t16-,17+,18-,22+/m0/s1. The molecule has 1 aliphatic rings. The summed E-state index contributed by atoms with van der Waals surface area (Å²) in [7, 11) is 0. The van der Waals surface area contributed by atoms with Crippen LogP contribution < -0.4 is 10.6 Å². The van der Waals surface area contributed by atoms with Crippen molar-refractivity contribution in [2.24, 2.45) is 0 Å². The van der Waals surface area contributed by atoms with Crippen molar-refractivity contribution < 1.29 is 19.7 Å². The van der Waals surface area contributed by atoms with Crippen LogP contribution in [0.2, 0.25) is 0 Å². The van der Waals surface area contributed by atoms with Crippen molar-refractivity contribution in [1.82, 2.24) is 24.8 Å². The number of aryl methyl sites for hydroxylation is 1. The Balaban J connectivity index is 1.41. The van der Waals surface area contributed by atoms with Crippen LogP contribution in [0.5, 0.6) is 0 Å². The number of aliphatic hydroxyl groups excluding tert-OH is 2. The van der Waals surface area contributed by atoms with Gasteiger partial charge in [-0.2, -0.15) is 0 Å². The lowest BCUT2D eigenvalue weighted by Crippen LogP contribution is -2.42. The summed E-state index contributed by atoms with van der Waals surface area (Å²) in [5, 5.41) is 26.7. The number of anilines is 1. The first-order valence-corrected chi connectivity index (χ1v) is 10.8. The second kappa shape index (κ2) is 10.0. The van der Waals surface area contributed by atoms with E-state index in [4.69, 9.17) is 4.74 Å². The molecule has 0 unspecified atom stereocenters. The molecule has 10 heteroatoms. The maximum Gasteiger partial charge on any atom is 0.252 e. The van der Waals surface area contributed by atoms with Gasteiger partial charge in [0, 0.05) is 13.1 Å². The smallest absolute Gasteiger partial charge is 0.252 e. The number of nitrogens with zero attached hydrogens (tertiary/aromatic N) is 4. The number of rotatable bonds is 9. The number of carbonyl (C=O) groups is 1. The summed E-state index contributed by atoms with van der Waals surface area (Å²) >= 11 is 0. The number of benzene rings is 1. The molecular weight excluding hydrogens is 412 g/mol. The molecule has 0 radical (unpaired) electrons. The largest absolute Gasteiger partial charge is 0.387 e. The van der Waals surface area contributed by atoms with Crippen LogP contribution in [0.25, 0.3) is 11.2 Å². The Morgan fingerprint density at radius 2 is 1.94 bits per heavy atom. The summed E-state index contributed by atoms with van der Waals surface area (Å²) in [4.78, 5) is 25.1. The third-order valence-corrected chi connectivity index (χ3v) is 5.51. The molecule has 1 aromatic carbocycles. The fourth-order valence-corrected chi connectivity index (χ4v) is 3.85. The van der Waals surface area contributed by atoms with Gasteiger partial charge in [-0.15, -0.1) is 0 Å². The van der Waals surface area contributed by atoms with E-state index in [0.717, 1.165) is 25.8 Å². The zero-order valence-electron chi connectivity index (χ0n) is 17.9. The molecule has 4 rings (SSSR count). The average molecular weight is 441 g/mol. The molecule has 1 saturated heterocycles. The van der Waals surface area contributed by atoms with Gasteiger partial charge < -0.3 is 25.6 Å². The zero-order valence-corrected chi connectivity index (χ0v) is 17.9. The third kappa shape index (κ3) is 4.57. The topological polar surface area (TPSA) is 134 Å². The quantitative estimate of drug-likeness (QED) is 0.362. The number of hydrogen-bond donors (Lipinski definition) is 4. The number of likely N-dealkylation sites (N-methyl/N-ethyl adjacent to an activating group) is 1. The van der Waals surface area contributed by atoms with Crippen LogP contribution in [-0.4, -0.2) is 67.0 Å². The van der Waals surface area contributed by atoms with Crippen molar-refractivity contribution in [3.63, 3.8) is 0 Å². The molecule has 32 heavy (non-hydrogen) atoms. The monoisotopic (exact) mass is 440 g/mol. The highest BCUT2D eigenvalue weighted by molar-refractivity contribution is 5.83. The van der Waals surface area contributed by atoms with Crippen molar-refractivity contribution in [1.29, 1.82) is 0 Å². The Morgan fingerprint density at radius 1 is 1.12 bits per heavy atom. The molecule has 1 amide bonds. The number of aliphatic hydroxyl groups is 2. The molecule has 10 nitrogen and oxygen atoms in total. The molecular formula is C22H28N6O4. The summed E-state index contributed by atoms with van der Waals surface area (Å²) in [6.07, 6.45) is 1.09. The first-order valence-electron chi connectivity index (χ1n) is 10.8. The van der Waals surface area contributed by atoms with Gasteiger partial charge in [-0.3, -0.25) is 9.36 Å². The number of carbonyl (C=O) groups excluding carboxylic acids is 1. The highest BCUT2D eigenvalue weighted by Gasteiger charge is 2.47. The lowest BCUT2D eigenvalue weighted by molar-refractivity contribution is -0.137. The molecule has 0 aliphatic carbocycles. The minimum atomic E-state index is -1.35. The van der Waals surface area contributed by atoms with E-state index in [2.05, 4.69) is 37.7 Å².